The van der Waals surface area contributed by atoms with E-state index in [1.54, 1.807) is 24.3 Å². The van der Waals surface area contributed by atoms with Crippen molar-refractivity contribution in [1.29, 1.82) is 0 Å². The van der Waals surface area contributed by atoms with E-state index in [1.807, 2.05) is 45.9 Å². The highest BCUT2D eigenvalue weighted by Crippen LogP contribution is 2.16. The molecule has 0 spiro atoms. The van der Waals surface area contributed by atoms with Crippen LogP contribution in [0.4, 0.5) is 5.69 Å². The van der Waals surface area contributed by atoms with E-state index in [4.69, 9.17) is 0 Å². The standard InChI is InChI=1S/C26H30N6O4/c1-5-18(4)27-22(33)12-13-30-24(35)19-8-6-7-9-21(19)32-25(30)29-31(26(32)36)15-23(34)28-20-14-16(2)10-11-17(20)3/h6-11,14,18H,5,12-13,15H2,1-4H3,(H,27,33)(H,28,34). The van der Waals surface area contributed by atoms with Crippen molar-refractivity contribution in [3.63, 3.8) is 0 Å². The number of nitrogens with one attached hydrogen (secondary N) is 2. The lowest BCUT2D eigenvalue weighted by Gasteiger charge is -2.12. The Morgan fingerprint density at radius 3 is 2.56 bits per heavy atom. The number of aromatic nitrogens is 4. The molecule has 2 heterocycles. The van der Waals surface area contributed by atoms with Crippen LogP contribution in [0, 0.1) is 13.8 Å². The fourth-order valence-corrected chi connectivity index (χ4v) is 4.03. The molecule has 2 aromatic carbocycles. The van der Waals surface area contributed by atoms with Crippen LogP contribution in [-0.4, -0.2) is 36.6 Å². The van der Waals surface area contributed by atoms with E-state index in [0.29, 0.717) is 16.6 Å². The molecule has 2 N–H and O–H groups in total. The van der Waals surface area contributed by atoms with Crippen molar-refractivity contribution in [2.75, 3.05) is 5.32 Å². The highest BCUT2D eigenvalue weighted by molar-refractivity contribution is 5.91. The van der Waals surface area contributed by atoms with Crippen LogP contribution in [0.2, 0.25) is 0 Å². The SMILES string of the molecule is CCC(C)NC(=O)CCn1c(=O)c2ccccc2n2c(=O)n(CC(=O)Nc3cc(C)ccc3C)nc12. The molecule has 188 valence electrons. The molecule has 0 saturated carbocycles. The molecule has 0 aliphatic carbocycles. The first-order valence-corrected chi connectivity index (χ1v) is 12.0. The van der Waals surface area contributed by atoms with Crippen molar-refractivity contribution < 1.29 is 9.59 Å². The molecule has 4 rings (SSSR count). The zero-order valence-corrected chi connectivity index (χ0v) is 20.9. The number of amides is 2. The van der Waals surface area contributed by atoms with Gasteiger partial charge in [-0.3, -0.25) is 19.0 Å². The number of benzene rings is 2. The number of nitrogens with zero attached hydrogens (tertiary/aromatic N) is 4. The van der Waals surface area contributed by atoms with Gasteiger partial charge in [-0.1, -0.05) is 31.2 Å². The van der Waals surface area contributed by atoms with E-state index >= 15 is 0 Å². The minimum Gasteiger partial charge on any atom is -0.354 e. The number of rotatable bonds is 8. The molecule has 4 aromatic rings. The van der Waals surface area contributed by atoms with Crippen molar-refractivity contribution in [1.82, 2.24) is 24.1 Å². The molecule has 0 bridgehead atoms. The zero-order chi connectivity index (χ0) is 26.0. The van der Waals surface area contributed by atoms with Crippen LogP contribution in [0.15, 0.2) is 52.1 Å². The second kappa shape index (κ2) is 10.2. The summed E-state index contributed by atoms with van der Waals surface area (Å²) in [6.45, 7) is 7.40. The van der Waals surface area contributed by atoms with E-state index in [-0.39, 0.29) is 42.8 Å². The summed E-state index contributed by atoms with van der Waals surface area (Å²) in [7, 11) is 0. The lowest BCUT2D eigenvalue weighted by molar-refractivity contribution is -0.122. The van der Waals surface area contributed by atoms with Gasteiger partial charge in [0.2, 0.25) is 17.6 Å². The number of hydrogen-bond donors (Lipinski definition) is 2. The Labute approximate surface area is 207 Å². The van der Waals surface area contributed by atoms with E-state index < -0.39 is 11.6 Å². The largest absolute Gasteiger partial charge is 0.354 e. The molecular weight excluding hydrogens is 460 g/mol. The Hall–Kier alpha value is -4.21. The van der Waals surface area contributed by atoms with Crippen LogP contribution in [0.25, 0.3) is 16.7 Å². The maximum absolute atomic E-state index is 13.3. The molecule has 1 atom stereocenters. The van der Waals surface area contributed by atoms with Gasteiger partial charge in [0.25, 0.3) is 5.56 Å². The summed E-state index contributed by atoms with van der Waals surface area (Å²) in [4.78, 5) is 51.8. The molecule has 0 saturated heterocycles. The Morgan fingerprint density at radius 1 is 1.06 bits per heavy atom. The quantitative estimate of drug-likeness (QED) is 0.393. The van der Waals surface area contributed by atoms with Crippen LogP contribution in [0.5, 0.6) is 0 Å². The van der Waals surface area contributed by atoms with Gasteiger partial charge in [0.05, 0.1) is 10.9 Å². The summed E-state index contributed by atoms with van der Waals surface area (Å²) in [5.74, 6) is -0.530. The molecule has 0 aliphatic rings. The molecule has 10 heteroatoms. The normalized spacial score (nSPS) is 12.1. The van der Waals surface area contributed by atoms with Crippen molar-refractivity contribution >= 4 is 34.2 Å². The molecule has 10 nitrogen and oxygen atoms in total. The van der Waals surface area contributed by atoms with E-state index in [2.05, 4.69) is 15.7 Å². The van der Waals surface area contributed by atoms with Gasteiger partial charge in [-0.05, 0) is 56.5 Å². The molecule has 2 amide bonds. The number of carbonyl (C=O) groups is 2. The summed E-state index contributed by atoms with van der Waals surface area (Å²) in [6, 6.07) is 12.5. The molecule has 0 radical (unpaired) electrons. The third-order valence-corrected chi connectivity index (χ3v) is 6.23. The predicted molar refractivity (Wildman–Crippen MR) is 138 cm³/mol. The fraction of sp³-hybridized carbons (Fsp3) is 0.346. The van der Waals surface area contributed by atoms with Crippen molar-refractivity contribution in [2.24, 2.45) is 0 Å². The molecule has 0 aliphatic heterocycles. The second-order valence-corrected chi connectivity index (χ2v) is 9.04. The van der Waals surface area contributed by atoms with Crippen LogP contribution in [0.3, 0.4) is 0 Å². The first-order valence-electron chi connectivity index (χ1n) is 12.0. The van der Waals surface area contributed by atoms with E-state index in [1.165, 1.54) is 8.97 Å². The Kier molecular flexibility index (Phi) is 7.05. The van der Waals surface area contributed by atoms with Gasteiger partial charge in [0, 0.05) is 24.7 Å². The van der Waals surface area contributed by atoms with Crippen LogP contribution < -0.4 is 21.9 Å². The molecule has 36 heavy (non-hydrogen) atoms. The van der Waals surface area contributed by atoms with Crippen molar-refractivity contribution in [2.45, 2.75) is 59.7 Å². The second-order valence-electron chi connectivity index (χ2n) is 9.04. The van der Waals surface area contributed by atoms with Gasteiger partial charge in [0.1, 0.15) is 6.54 Å². The van der Waals surface area contributed by atoms with Crippen LogP contribution in [0.1, 0.15) is 37.8 Å². The molecule has 0 fully saturated rings. The maximum Gasteiger partial charge on any atom is 0.352 e. The van der Waals surface area contributed by atoms with Gasteiger partial charge in [-0.2, -0.15) is 0 Å². The Balaban J connectivity index is 1.72. The highest BCUT2D eigenvalue weighted by atomic mass is 16.2. The topological polar surface area (TPSA) is 120 Å². The first kappa shape index (κ1) is 24.9. The summed E-state index contributed by atoms with van der Waals surface area (Å²) in [5.41, 5.74) is 2.04. The van der Waals surface area contributed by atoms with Crippen molar-refractivity contribution in [3.05, 3.63) is 74.4 Å². The van der Waals surface area contributed by atoms with Crippen LogP contribution >= 0.6 is 0 Å². The minimum absolute atomic E-state index is 0.0169. The zero-order valence-electron chi connectivity index (χ0n) is 20.9. The summed E-state index contributed by atoms with van der Waals surface area (Å²) < 4.78 is 3.67. The van der Waals surface area contributed by atoms with Gasteiger partial charge >= 0.3 is 5.69 Å². The summed E-state index contributed by atoms with van der Waals surface area (Å²) in [6.07, 6.45) is 0.836. The highest BCUT2D eigenvalue weighted by Gasteiger charge is 2.19. The van der Waals surface area contributed by atoms with Crippen molar-refractivity contribution in [3.8, 4) is 0 Å². The molecular formula is C26H30N6O4. The van der Waals surface area contributed by atoms with Gasteiger partial charge in [-0.25, -0.2) is 13.9 Å². The lowest BCUT2D eigenvalue weighted by Crippen LogP contribution is -2.34. The average Bonchev–Trinajstić information content (AvgIpc) is 3.16. The summed E-state index contributed by atoms with van der Waals surface area (Å²) in [5, 5.41) is 10.4. The maximum atomic E-state index is 13.3. The lowest BCUT2D eigenvalue weighted by atomic mass is 10.1. The number of anilines is 1. The monoisotopic (exact) mass is 490 g/mol. The molecule has 1 unspecified atom stereocenters. The smallest absolute Gasteiger partial charge is 0.352 e. The van der Waals surface area contributed by atoms with Gasteiger partial charge in [-0.15, -0.1) is 5.10 Å². The number of hydrogen-bond acceptors (Lipinski definition) is 5. The number of carbonyl (C=O) groups excluding carboxylic acids is 2. The van der Waals surface area contributed by atoms with E-state index in [0.717, 1.165) is 22.2 Å². The Bertz CT molecular complexity index is 1580. The number of fused-ring (bicyclic) bond motifs is 3. The third-order valence-electron chi connectivity index (χ3n) is 6.23. The number of aryl methyl sites for hydroxylation is 3. The van der Waals surface area contributed by atoms with Gasteiger partial charge < -0.3 is 10.6 Å². The van der Waals surface area contributed by atoms with Crippen LogP contribution in [-0.2, 0) is 22.7 Å². The average molecular weight is 491 g/mol. The summed E-state index contributed by atoms with van der Waals surface area (Å²) >= 11 is 0. The predicted octanol–water partition coefficient (Wildman–Crippen LogP) is 2.37. The third kappa shape index (κ3) is 4.93. The Morgan fingerprint density at radius 2 is 1.81 bits per heavy atom. The fourth-order valence-electron chi connectivity index (χ4n) is 4.03. The number of para-hydroxylation sites is 1. The molecule has 2 aromatic heterocycles. The first-order chi connectivity index (χ1) is 17.2. The minimum atomic E-state index is -0.546. The van der Waals surface area contributed by atoms with E-state index in [9.17, 15) is 19.2 Å². The van der Waals surface area contributed by atoms with Gasteiger partial charge in [0.15, 0.2) is 0 Å².